The van der Waals surface area contributed by atoms with E-state index in [2.05, 4.69) is 4.72 Å². The molecule has 0 fully saturated rings. The lowest BCUT2D eigenvalue weighted by atomic mass is 10.1. The average molecular weight is 315 g/mol. The van der Waals surface area contributed by atoms with E-state index >= 15 is 0 Å². The zero-order chi connectivity index (χ0) is 15.6. The van der Waals surface area contributed by atoms with Crippen LogP contribution in [-0.4, -0.2) is 14.5 Å². The van der Waals surface area contributed by atoms with Crippen LogP contribution in [0.4, 0.5) is 0 Å². The Morgan fingerprint density at radius 1 is 1.09 bits per heavy atom. The average Bonchev–Trinajstić information content (AvgIpc) is 2.98. The van der Waals surface area contributed by atoms with Gasteiger partial charge in [-0.1, -0.05) is 36.4 Å². The fourth-order valence-electron chi connectivity index (χ4n) is 2.56. The van der Waals surface area contributed by atoms with Gasteiger partial charge in [-0.3, -0.25) is 0 Å². The smallest absolute Gasteiger partial charge is 0.241 e. The first-order valence-corrected chi connectivity index (χ1v) is 8.56. The van der Waals surface area contributed by atoms with E-state index in [1.165, 1.54) is 0 Å². The molecule has 1 atom stereocenters. The fraction of sp³-hybridized carbons (Fsp3) is 0.176. The molecule has 1 N–H and O–H groups in total. The number of furan rings is 1. The molecule has 1 aromatic heterocycles. The van der Waals surface area contributed by atoms with Crippen LogP contribution in [0.1, 0.15) is 12.5 Å². The summed E-state index contributed by atoms with van der Waals surface area (Å²) < 4.78 is 33.0. The van der Waals surface area contributed by atoms with E-state index in [0.717, 1.165) is 16.3 Å². The molecule has 0 spiro atoms. The minimum absolute atomic E-state index is 0.221. The van der Waals surface area contributed by atoms with Crippen LogP contribution >= 0.6 is 0 Å². The molecular formula is C17H17NO3S. The lowest BCUT2D eigenvalue weighted by Gasteiger charge is -2.14. The van der Waals surface area contributed by atoms with Crippen molar-refractivity contribution in [2.75, 3.05) is 0 Å². The Morgan fingerprint density at radius 3 is 2.64 bits per heavy atom. The van der Waals surface area contributed by atoms with Gasteiger partial charge in [0.2, 0.25) is 10.0 Å². The first-order chi connectivity index (χ1) is 10.6. The van der Waals surface area contributed by atoms with Crippen LogP contribution in [-0.2, 0) is 16.4 Å². The van der Waals surface area contributed by atoms with Gasteiger partial charge in [-0.15, -0.1) is 0 Å². The summed E-state index contributed by atoms with van der Waals surface area (Å²) in [6.07, 6.45) is 3.80. The van der Waals surface area contributed by atoms with Gasteiger partial charge < -0.3 is 4.42 Å². The highest BCUT2D eigenvalue weighted by Crippen LogP contribution is 2.23. The lowest BCUT2D eigenvalue weighted by Crippen LogP contribution is -2.34. The van der Waals surface area contributed by atoms with Crippen LogP contribution < -0.4 is 4.72 Å². The molecule has 22 heavy (non-hydrogen) atoms. The predicted octanol–water partition coefficient (Wildman–Crippen LogP) is 3.34. The Hall–Kier alpha value is -2.11. The topological polar surface area (TPSA) is 59.3 Å². The monoisotopic (exact) mass is 315 g/mol. The number of nitrogens with one attached hydrogen (secondary N) is 1. The SMILES string of the molecule is C[C@H](Cc1ccoc1)NS(=O)(=O)c1cccc2ccccc12. The first kappa shape index (κ1) is 14.8. The molecule has 0 amide bonds. The van der Waals surface area contributed by atoms with Crippen LogP contribution in [0.15, 0.2) is 70.4 Å². The maximum Gasteiger partial charge on any atom is 0.241 e. The van der Waals surface area contributed by atoms with Gasteiger partial charge in [0.1, 0.15) is 0 Å². The van der Waals surface area contributed by atoms with E-state index in [0.29, 0.717) is 11.3 Å². The van der Waals surface area contributed by atoms with Crippen molar-refractivity contribution in [1.29, 1.82) is 0 Å². The Kier molecular flexibility index (Phi) is 4.00. The summed E-state index contributed by atoms with van der Waals surface area (Å²) >= 11 is 0. The van der Waals surface area contributed by atoms with Crippen molar-refractivity contribution in [3.8, 4) is 0 Å². The maximum atomic E-state index is 12.7. The molecule has 4 nitrogen and oxygen atoms in total. The zero-order valence-electron chi connectivity index (χ0n) is 12.2. The molecule has 0 bridgehead atoms. The van der Waals surface area contributed by atoms with Crippen molar-refractivity contribution < 1.29 is 12.8 Å². The van der Waals surface area contributed by atoms with Gasteiger partial charge in [-0.05, 0) is 36.4 Å². The standard InChI is InChI=1S/C17H17NO3S/c1-13(11-14-9-10-21-12-14)18-22(19,20)17-8-4-6-15-5-2-3-7-16(15)17/h2-10,12-13,18H,11H2,1H3/t13-/m1/s1. The van der Waals surface area contributed by atoms with Crippen LogP contribution in [0.3, 0.4) is 0 Å². The summed E-state index contributed by atoms with van der Waals surface area (Å²) in [5.41, 5.74) is 0.966. The third-order valence-electron chi connectivity index (χ3n) is 3.52. The van der Waals surface area contributed by atoms with Crippen LogP contribution in [0, 0.1) is 0 Å². The number of hydrogen-bond donors (Lipinski definition) is 1. The summed E-state index contributed by atoms with van der Waals surface area (Å²) in [5, 5.41) is 1.64. The molecule has 2 aromatic carbocycles. The highest BCUT2D eigenvalue weighted by molar-refractivity contribution is 7.89. The molecule has 5 heteroatoms. The van der Waals surface area contributed by atoms with Gasteiger partial charge in [-0.2, -0.15) is 0 Å². The molecule has 0 unspecified atom stereocenters. The Labute approximate surface area is 129 Å². The van der Waals surface area contributed by atoms with Gasteiger partial charge in [0.25, 0.3) is 0 Å². The van der Waals surface area contributed by atoms with Crippen LogP contribution in [0.2, 0.25) is 0 Å². The van der Waals surface area contributed by atoms with Gasteiger partial charge >= 0.3 is 0 Å². The third kappa shape index (κ3) is 3.05. The second-order valence-corrected chi connectivity index (χ2v) is 7.02. The van der Waals surface area contributed by atoms with Crippen molar-refractivity contribution in [2.24, 2.45) is 0 Å². The van der Waals surface area contributed by atoms with Crippen molar-refractivity contribution >= 4 is 20.8 Å². The molecule has 0 aliphatic heterocycles. The molecule has 0 radical (unpaired) electrons. The zero-order valence-corrected chi connectivity index (χ0v) is 13.0. The Balaban J connectivity index is 1.88. The summed E-state index contributed by atoms with van der Waals surface area (Å²) in [6.45, 7) is 1.84. The number of hydrogen-bond acceptors (Lipinski definition) is 3. The van der Waals surface area contributed by atoms with Gasteiger partial charge in [0.15, 0.2) is 0 Å². The predicted molar refractivity (Wildman–Crippen MR) is 86.1 cm³/mol. The van der Waals surface area contributed by atoms with Crippen LogP contribution in [0.25, 0.3) is 10.8 Å². The number of sulfonamides is 1. The molecular weight excluding hydrogens is 298 g/mol. The van der Waals surface area contributed by atoms with Gasteiger partial charge in [0.05, 0.1) is 17.4 Å². The number of fused-ring (bicyclic) bond motifs is 1. The fourth-order valence-corrected chi connectivity index (χ4v) is 4.04. The first-order valence-electron chi connectivity index (χ1n) is 7.07. The Morgan fingerprint density at radius 2 is 1.86 bits per heavy atom. The summed E-state index contributed by atoms with van der Waals surface area (Å²) in [7, 11) is -3.57. The molecule has 0 aliphatic carbocycles. The minimum Gasteiger partial charge on any atom is -0.472 e. The van der Waals surface area contributed by atoms with Crippen molar-refractivity contribution in [1.82, 2.24) is 4.72 Å². The highest BCUT2D eigenvalue weighted by Gasteiger charge is 2.20. The van der Waals surface area contributed by atoms with Crippen LogP contribution in [0.5, 0.6) is 0 Å². The van der Waals surface area contributed by atoms with Crippen molar-refractivity contribution in [2.45, 2.75) is 24.3 Å². The molecule has 3 rings (SSSR count). The minimum atomic E-state index is -3.57. The number of rotatable bonds is 5. The normalized spacial score (nSPS) is 13.3. The second-order valence-electron chi connectivity index (χ2n) is 5.34. The second kappa shape index (κ2) is 5.94. The number of benzene rings is 2. The van der Waals surface area contributed by atoms with E-state index in [1.54, 1.807) is 24.7 Å². The van der Waals surface area contributed by atoms with Gasteiger partial charge in [0, 0.05) is 11.4 Å². The lowest BCUT2D eigenvalue weighted by molar-refractivity contribution is 0.549. The molecule has 0 saturated carbocycles. The third-order valence-corrected chi connectivity index (χ3v) is 5.17. The van der Waals surface area contributed by atoms with E-state index in [-0.39, 0.29) is 6.04 Å². The summed E-state index contributed by atoms with van der Waals surface area (Å²) in [5.74, 6) is 0. The van der Waals surface area contributed by atoms with E-state index in [9.17, 15) is 8.42 Å². The van der Waals surface area contributed by atoms with E-state index in [1.807, 2.05) is 43.3 Å². The largest absolute Gasteiger partial charge is 0.472 e. The van der Waals surface area contributed by atoms with E-state index in [4.69, 9.17) is 4.42 Å². The summed E-state index contributed by atoms with van der Waals surface area (Å²) in [4.78, 5) is 0.310. The summed E-state index contributed by atoms with van der Waals surface area (Å²) in [6, 6.07) is 14.4. The molecule has 3 aromatic rings. The highest BCUT2D eigenvalue weighted by atomic mass is 32.2. The molecule has 114 valence electrons. The van der Waals surface area contributed by atoms with E-state index < -0.39 is 10.0 Å². The molecule has 1 heterocycles. The van der Waals surface area contributed by atoms with Gasteiger partial charge in [-0.25, -0.2) is 13.1 Å². The maximum absolute atomic E-state index is 12.7. The van der Waals surface area contributed by atoms with Crippen molar-refractivity contribution in [3.05, 3.63) is 66.6 Å². The molecule has 0 saturated heterocycles. The van der Waals surface area contributed by atoms with Crippen molar-refractivity contribution in [3.63, 3.8) is 0 Å². The Bertz CT molecular complexity index is 865. The molecule has 0 aliphatic rings. The quantitative estimate of drug-likeness (QED) is 0.785.